The first-order valence-corrected chi connectivity index (χ1v) is 9.02. The van der Waals surface area contributed by atoms with Crippen molar-refractivity contribution in [1.82, 2.24) is 10.3 Å². The maximum absolute atomic E-state index is 12.7. The maximum atomic E-state index is 12.7. The Hall–Kier alpha value is -2.93. The van der Waals surface area contributed by atoms with Crippen molar-refractivity contribution in [3.05, 3.63) is 63.9 Å². The Balaban J connectivity index is 2.26. The largest absolute Gasteiger partial charge is 0.469 e. The molecule has 0 spiro atoms. The van der Waals surface area contributed by atoms with Crippen molar-refractivity contribution >= 4 is 29.4 Å². The molecule has 2 aromatic rings. The second-order valence-electron chi connectivity index (χ2n) is 5.88. The molecule has 8 heteroatoms. The molecule has 0 saturated carbocycles. The molecule has 1 unspecified atom stereocenters. The van der Waals surface area contributed by atoms with Crippen molar-refractivity contribution in [3.8, 4) is 0 Å². The highest BCUT2D eigenvalue weighted by Crippen LogP contribution is 2.26. The van der Waals surface area contributed by atoms with Crippen LogP contribution in [0.4, 0.5) is 0 Å². The third kappa shape index (κ3) is 5.29. The second kappa shape index (κ2) is 9.85. The molecule has 1 aromatic carbocycles. The number of nitrogens with zero attached hydrogens (tertiary/aromatic N) is 1. The summed E-state index contributed by atoms with van der Waals surface area (Å²) in [6.45, 7) is 3.56. The van der Waals surface area contributed by atoms with Crippen LogP contribution < -0.4 is 5.32 Å². The van der Waals surface area contributed by atoms with Crippen LogP contribution in [0, 0.1) is 6.92 Å². The lowest BCUT2D eigenvalue weighted by Gasteiger charge is -2.19. The second-order valence-corrected chi connectivity index (χ2v) is 6.28. The number of methoxy groups -OCH3 is 1. The molecule has 0 aliphatic heterocycles. The molecule has 0 aliphatic carbocycles. The Kier molecular flexibility index (Phi) is 7.52. The Morgan fingerprint density at radius 2 is 1.89 bits per heavy atom. The molecule has 0 saturated heterocycles. The lowest BCUT2D eigenvalue weighted by atomic mass is 10.0. The van der Waals surface area contributed by atoms with Gasteiger partial charge in [-0.1, -0.05) is 29.8 Å². The first-order chi connectivity index (χ1) is 13.4. The number of ether oxygens (including phenoxy) is 2. The van der Waals surface area contributed by atoms with Gasteiger partial charge in [0.2, 0.25) is 0 Å². The SMILES string of the molecule is CCOC(=O)c1ccc(C(=O)NC(CC(=O)OC)c2ccccc2Cl)nc1C. The molecule has 0 bridgehead atoms. The number of carbonyl (C=O) groups excluding carboxylic acids is 3. The van der Waals surface area contributed by atoms with Crippen molar-refractivity contribution < 1.29 is 23.9 Å². The molecule has 1 atom stereocenters. The standard InChI is InChI=1S/C20H21ClN2O5/c1-4-28-20(26)13-9-10-16(22-12(13)2)19(25)23-17(11-18(24)27-3)14-7-5-6-8-15(14)21/h5-10,17H,4,11H2,1-3H3,(H,23,25). The maximum Gasteiger partial charge on any atom is 0.339 e. The van der Waals surface area contributed by atoms with Crippen LogP contribution in [0.3, 0.4) is 0 Å². The van der Waals surface area contributed by atoms with E-state index in [1.54, 1.807) is 38.1 Å². The number of nitrogens with one attached hydrogen (secondary N) is 1. The number of amides is 1. The van der Waals surface area contributed by atoms with E-state index in [1.165, 1.54) is 19.2 Å². The van der Waals surface area contributed by atoms with Gasteiger partial charge in [-0.25, -0.2) is 9.78 Å². The predicted molar refractivity (Wildman–Crippen MR) is 103 cm³/mol. The van der Waals surface area contributed by atoms with Crippen LogP contribution in [0.15, 0.2) is 36.4 Å². The normalized spacial score (nSPS) is 11.4. The summed E-state index contributed by atoms with van der Waals surface area (Å²) < 4.78 is 9.67. The number of aromatic nitrogens is 1. The van der Waals surface area contributed by atoms with E-state index in [0.29, 0.717) is 16.3 Å². The molecule has 28 heavy (non-hydrogen) atoms. The number of benzene rings is 1. The van der Waals surface area contributed by atoms with Crippen LogP contribution >= 0.6 is 11.6 Å². The van der Waals surface area contributed by atoms with Gasteiger partial charge in [-0.15, -0.1) is 0 Å². The number of rotatable bonds is 7. The quantitative estimate of drug-likeness (QED) is 0.712. The van der Waals surface area contributed by atoms with Gasteiger partial charge in [-0.05, 0) is 37.6 Å². The van der Waals surface area contributed by atoms with Crippen LogP contribution in [0.5, 0.6) is 0 Å². The smallest absolute Gasteiger partial charge is 0.339 e. The number of carbonyl (C=O) groups is 3. The molecule has 7 nitrogen and oxygen atoms in total. The van der Waals surface area contributed by atoms with E-state index in [4.69, 9.17) is 21.1 Å². The Labute approximate surface area is 168 Å². The molecule has 2 rings (SSSR count). The van der Waals surface area contributed by atoms with Gasteiger partial charge in [0, 0.05) is 5.02 Å². The summed E-state index contributed by atoms with van der Waals surface area (Å²) in [6, 6.07) is 9.12. The van der Waals surface area contributed by atoms with Gasteiger partial charge in [-0.3, -0.25) is 9.59 Å². The van der Waals surface area contributed by atoms with Crippen LogP contribution in [0.1, 0.15) is 51.5 Å². The van der Waals surface area contributed by atoms with E-state index in [1.807, 2.05) is 0 Å². The highest BCUT2D eigenvalue weighted by Gasteiger charge is 2.23. The van der Waals surface area contributed by atoms with E-state index in [2.05, 4.69) is 10.3 Å². The molecule has 0 fully saturated rings. The van der Waals surface area contributed by atoms with E-state index in [-0.39, 0.29) is 24.3 Å². The van der Waals surface area contributed by atoms with Gasteiger partial charge >= 0.3 is 11.9 Å². The van der Waals surface area contributed by atoms with Crippen molar-refractivity contribution in [1.29, 1.82) is 0 Å². The summed E-state index contributed by atoms with van der Waals surface area (Å²) in [6.07, 6.45) is -0.0914. The fourth-order valence-corrected chi connectivity index (χ4v) is 2.86. The molecule has 148 valence electrons. The molecular formula is C20H21ClN2O5. The number of hydrogen-bond donors (Lipinski definition) is 1. The van der Waals surface area contributed by atoms with Crippen molar-refractivity contribution in [3.63, 3.8) is 0 Å². The number of hydrogen-bond acceptors (Lipinski definition) is 6. The summed E-state index contributed by atoms with van der Waals surface area (Å²) in [5.74, 6) is -1.50. The number of esters is 2. The first kappa shape index (κ1) is 21.4. The minimum absolute atomic E-state index is 0.0914. The fourth-order valence-electron chi connectivity index (χ4n) is 2.59. The van der Waals surface area contributed by atoms with Crippen molar-refractivity contribution in [2.45, 2.75) is 26.3 Å². The summed E-state index contributed by atoms with van der Waals surface area (Å²) in [4.78, 5) is 40.5. The van der Waals surface area contributed by atoms with Crippen LogP contribution in [-0.2, 0) is 14.3 Å². The minimum Gasteiger partial charge on any atom is -0.469 e. The zero-order valence-electron chi connectivity index (χ0n) is 15.8. The Bertz CT molecular complexity index is 885. The third-order valence-corrected chi connectivity index (χ3v) is 4.34. The van der Waals surface area contributed by atoms with Gasteiger partial charge < -0.3 is 14.8 Å². The number of aryl methyl sites for hydroxylation is 1. The van der Waals surface area contributed by atoms with Crippen LogP contribution in [0.2, 0.25) is 5.02 Å². The van der Waals surface area contributed by atoms with Gasteiger partial charge in [0.15, 0.2) is 0 Å². The summed E-state index contributed by atoms with van der Waals surface area (Å²) in [5, 5.41) is 3.17. The molecule has 0 radical (unpaired) electrons. The zero-order chi connectivity index (χ0) is 20.7. The van der Waals surface area contributed by atoms with E-state index in [9.17, 15) is 14.4 Å². The highest BCUT2D eigenvalue weighted by molar-refractivity contribution is 6.31. The average molecular weight is 405 g/mol. The van der Waals surface area contributed by atoms with Gasteiger partial charge in [-0.2, -0.15) is 0 Å². The predicted octanol–water partition coefficient (Wildman–Crippen LogP) is 3.25. The Morgan fingerprint density at radius 1 is 1.18 bits per heavy atom. The van der Waals surface area contributed by atoms with E-state index < -0.39 is 23.9 Å². The Morgan fingerprint density at radius 3 is 2.50 bits per heavy atom. The lowest BCUT2D eigenvalue weighted by molar-refractivity contribution is -0.141. The minimum atomic E-state index is -0.694. The first-order valence-electron chi connectivity index (χ1n) is 8.64. The van der Waals surface area contributed by atoms with Gasteiger partial charge in [0.25, 0.3) is 5.91 Å². The summed E-state index contributed by atoms with van der Waals surface area (Å²) in [5.41, 5.74) is 1.35. The number of halogens is 1. The van der Waals surface area contributed by atoms with Crippen LogP contribution in [-0.4, -0.2) is 36.5 Å². The van der Waals surface area contributed by atoms with Crippen molar-refractivity contribution in [2.75, 3.05) is 13.7 Å². The average Bonchev–Trinajstić information content (AvgIpc) is 2.67. The van der Waals surface area contributed by atoms with Gasteiger partial charge in [0.1, 0.15) is 5.69 Å². The van der Waals surface area contributed by atoms with E-state index in [0.717, 1.165) is 0 Å². The van der Waals surface area contributed by atoms with Crippen molar-refractivity contribution in [2.24, 2.45) is 0 Å². The summed E-state index contributed by atoms with van der Waals surface area (Å²) in [7, 11) is 1.27. The summed E-state index contributed by atoms with van der Waals surface area (Å²) >= 11 is 6.22. The topological polar surface area (TPSA) is 94.6 Å². The van der Waals surface area contributed by atoms with E-state index >= 15 is 0 Å². The molecule has 1 heterocycles. The molecule has 1 N–H and O–H groups in total. The lowest BCUT2D eigenvalue weighted by Crippen LogP contribution is -2.31. The molecular weight excluding hydrogens is 384 g/mol. The van der Waals surface area contributed by atoms with Gasteiger partial charge in [0.05, 0.1) is 37.4 Å². The number of pyridine rings is 1. The highest BCUT2D eigenvalue weighted by atomic mass is 35.5. The van der Waals surface area contributed by atoms with Crippen LogP contribution in [0.25, 0.3) is 0 Å². The monoisotopic (exact) mass is 404 g/mol. The zero-order valence-corrected chi connectivity index (χ0v) is 16.6. The molecule has 1 aromatic heterocycles. The molecule has 1 amide bonds. The fraction of sp³-hybridized carbons (Fsp3) is 0.300. The molecule has 0 aliphatic rings. The third-order valence-electron chi connectivity index (χ3n) is 4.00.